The zero-order valence-electron chi connectivity index (χ0n) is 32.8. The molecule has 268 valence electrons. The smallest absolute Gasteiger partial charge is 0.135 e. The summed E-state index contributed by atoms with van der Waals surface area (Å²) in [6.45, 7) is 5.87. The fourth-order valence-electron chi connectivity index (χ4n) is 7.62. The van der Waals surface area contributed by atoms with Crippen LogP contribution in [0.4, 0.5) is 17.1 Å². The number of nitrogens with zero attached hydrogens (tertiary/aromatic N) is 5. The van der Waals surface area contributed by atoms with Crippen LogP contribution in [0.25, 0.3) is 55.1 Å². The minimum absolute atomic E-state index is 0. The van der Waals surface area contributed by atoms with E-state index in [0.29, 0.717) is 22.9 Å². The van der Waals surface area contributed by atoms with Crippen LogP contribution in [0, 0.1) is 18.8 Å². The Labute approximate surface area is 333 Å². The minimum atomic E-state index is -2.34. The van der Waals surface area contributed by atoms with Crippen molar-refractivity contribution in [2.45, 2.75) is 26.2 Å². The monoisotopic (exact) mass is 884 g/mol. The minimum Gasteiger partial charge on any atom is -0.509 e. The van der Waals surface area contributed by atoms with Gasteiger partial charge in [-0.25, -0.2) is 4.98 Å². The largest absolute Gasteiger partial charge is 0.509 e. The van der Waals surface area contributed by atoms with Crippen LogP contribution in [0.1, 0.15) is 30.4 Å². The van der Waals surface area contributed by atoms with Crippen molar-refractivity contribution in [3.05, 3.63) is 164 Å². The number of para-hydroxylation sites is 4. The van der Waals surface area contributed by atoms with Gasteiger partial charge in [0.1, 0.15) is 5.82 Å². The standard InChI is InChI=1S/C47H36N5O.Pt/c1-47(2,3)31-24-25-48-46(26-31)52-42-23-20-33(51-40-16-7-5-14-36(40)37-15-6-8-17-41(37)51)28-39(42)38-22-21-35(29-45(38)52)53-34-13-11-12-32(27-34)50-30-49(4)43-18-9-10-19-44(43)50;/h5-26,28,30H,1-4H3;/q-3;/i4D3;. The Morgan fingerprint density at radius 2 is 1.35 bits per heavy atom. The summed E-state index contributed by atoms with van der Waals surface area (Å²) in [6.07, 6.45) is 1.88. The number of ether oxygens (including phenoxy) is 1. The average Bonchev–Trinajstić information content (AvgIpc) is 3.86. The summed E-state index contributed by atoms with van der Waals surface area (Å²) in [6, 6.07) is 52.0. The van der Waals surface area contributed by atoms with Crippen LogP contribution in [0.3, 0.4) is 0 Å². The number of aromatic nitrogens is 3. The molecule has 1 aliphatic heterocycles. The van der Waals surface area contributed by atoms with E-state index in [1.54, 1.807) is 12.7 Å². The van der Waals surface area contributed by atoms with E-state index < -0.39 is 6.98 Å². The Morgan fingerprint density at radius 3 is 2.11 bits per heavy atom. The summed E-state index contributed by atoms with van der Waals surface area (Å²) in [5.74, 6) is 1.78. The molecule has 0 saturated heterocycles. The number of rotatable bonds is 5. The van der Waals surface area contributed by atoms with Crippen molar-refractivity contribution >= 4 is 60.7 Å². The number of hydrogen-bond acceptors (Lipinski definition) is 4. The summed E-state index contributed by atoms with van der Waals surface area (Å²) in [7, 11) is 0. The maximum absolute atomic E-state index is 8.10. The van der Waals surface area contributed by atoms with Gasteiger partial charge in [-0.05, 0) is 77.9 Å². The van der Waals surface area contributed by atoms with E-state index >= 15 is 0 Å². The van der Waals surface area contributed by atoms with Crippen molar-refractivity contribution in [1.82, 2.24) is 14.1 Å². The van der Waals surface area contributed by atoms with E-state index in [9.17, 15) is 0 Å². The third-order valence-corrected chi connectivity index (χ3v) is 10.2. The van der Waals surface area contributed by atoms with Gasteiger partial charge in [0.25, 0.3) is 0 Å². The number of benzene rings is 6. The molecule has 4 heterocycles. The third-order valence-electron chi connectivity index (χ3n) is 10.2. The van der Waals surface area contributed by atoms with Gasteiger partial charge in [-0.3, -0.25) is 0 Å². The molecule has 0 saturated carbocycles. The van der Waals surface area contributed by atoms with Gasteiger partial charge in [0.15, 0.2) is 0 Å². The Kier molecular flexibility index (Phi) is 7.33. The van der Waals surface area contributed by atoms with E-state index in [1.807, 2.05) is 53.6 Å². The number of pyridine rings is 1. The van der Waals surface area contributed by atoms with Crippen molar-refractivity contribution in [2.24, 2.45) is 0 Å². The average molecular weight is 885 g/mol. The molecule has 3 aromatic heterocycles. The van der Waals surface area contributed by atoms with E-state index in [2.05, 4.69) is 127 Å². The fraction of sp³-hybridized carbons (Fsp3) is 0.106. The van der Waals surface area contributed by atoms with Crippen LogP contribution in [-0.4, -0.2) is 21.1 Å². The number of anilines is 3. The summed E-state index contributed by atoms with van der Waals surface area (Å²) in [5.41, 5.74) is 8.31. The normalized spacial score (nSPS) is 13.9. The first-order valence-corrected chi connectivity index (χ1v) is 17.7. The molecular formula is C47H36N5OPt-3. The molecule has 6 nitrogen and oxygen atoms in total. The fourth-order valence-corrected chi connectivity index (χ4v) is 7.62. The second-order valence-electron chi connectivity index (χ2n) is 14.5. The summed E-state index contributed by atoms with van der Waals surface area (Å²) in [4.78, 5) is 8.03. The second kappa shape index (κ2) is 12.9. The summed E-state index contributed by atoms with van der Waals surface area (Å²) >= 11 is 0. The van der Waals surface area contributed by atoms with Gasteiger partial charge in [-0.2, -0.15) is 18.8 Å². The van der Waals surface area contributed by atoms with Crippen LogP contribution < -0.4 is 14.5 Å². The van der Waals surface area contributed by atoms with E-state index in [1.165, 1.54) is 21.2 Å². The van der Waals surface area contributed by atoms with Crippen LogP contribution in [0.2, 0.25) is 0 Å². The molecule has 9 aromatic rings. The molecule has 0 bridgehead atoms. The zero-order valence-corrected chi connectivity index (χ0v) is 32.1. The Hall–Kier alpha value is -5.84. The molecule has 10 rings (SSSR count). The maximum Gasteiger partial charge on any atom is 0.135 e. The predicted octanol–water partition coefficient (Wildman–Crippen LogP) is 11.7. The molecule has 0 radical (unpaired) electrons. The first kappa shape index (κ1) is 30.6. The van der Waals surface area contributed by atoms with Gasteiger partial charge < -0.3 is 23.7 Å². The molecule has 0 aliphatic carbocycles. The van der Waals surface area contributed by atoms with Gasteiger partial charge in [0.05, 0.1) is 11.0 Å². The molecule has 54 heavy (non-hydrogen) atoms. The SMILES string of the molecule is [2H]C([2H])([2H])N1[CH-]N(c2[c-]c(Oc3[c-]c4c(cc3)c3cc(-n5c6ccccc6c6ccccc65)ccc3n4-c3cc(C(C)(C)C)ccn3)ccc2)c2ccccc21.[Pt]. The molecule has 6 aromatic carbocycles. The molecule has 7 heteroatoms. The van der Waals surface area contributed by atoms with Gasteiger partial charge in [-0.15, -0.1) is 41.4 Å². The van der Waals surface area contributed by atoms with Crippen molar-refractivity contribution < 1.29 is 29.9 Å². The molecule has 1 aliphatic rings. The van der Waals surface area contributed by atoms with Crippen molar-refractivity contribution in [3.63, 3.8) is 0 Å². The number of hydrogen-bond donors (Lipinski definition) is 0. The maximum atomic E-state index is 8.10. The van der Waals surface area contributed by atoms with Crippen molar-refractivity contribution in [2.75, 3.05) is 16.8 Å². The Balaban J connectivity index is 0.00000422. The first-order valence-electron chi connectivity index (χ1n) is 19.2. The predicted molar refractivity (Wildman–Crippen MR) is 217 cm³/mol. The van der Waals surface area contributed by atoms with Crippen molar-refractivity contribution in [1.29, 1.82) is 0 Å². The molecule has 0 amide bonds. The van der Waals surface area contributed by atoms with Gasteiger partial charge >= 0.3 is 0 Å². The van der Waals surface area contributed by atoms with Crippen LogP contribution in [0.15, 0.2) is 140 Å². The quantitative estimate of drug-likeness (QED) is 0.161. The van der Waals surface area contributed by atoms with Crippen LogP contribution >= 0.6 is 0 Å². The van der Waals surface area contributed by atoms with E-state index in [4.69, 9.17) is 13.8 Å². The molecule has 0 N–H and O–H groups in total. The van der Waals surface area contributed by atoms with Gasteiger partial charge in [-0.1, -0.05) is 74.8 Å². The molecular weight excluding hydrogens is 846 g/mol. The van der Waals surface area contributed by atoms with E-state index in [0.717, 1.165) is 50.0 Å². The van der Waals surface area contributed by atoms with E-state index in [-0.39, 0.29) is 26.5 Å². The topological polar surface area (TPSA) is 38.5 Å². The summed E-state index contributed by atoms with van der Waals surface area (Å²) in [5, 5.41) is 4.52. The zero-order chi connectivity index (χ0) is 38.3. The van der Waals surface area contributed by atoms with Gasteiger partial charge in [0.2, 0.25) is 0 Å². The molecule has 0 spiro atoms. The molecule has 0 atom stereocenters. The van der Waals surface area contributed by atoms with Gasteiger partial charge in [0, 0.05) is 76.2 Å². The Morgan fingerprint density at radius 1 is 0.648 bits per heavy atom. The first-order chi connectivity index (χ1) is 27.0. The molecule has 0 fully saturated rings. The Bertz CT molecular complexity index is 2940. The van der Waals surface area contributed by atoms with Crippen molar-refractivity contribution in [3.8, 4) is 23.0 Å². The van der Waals surface area contributed by atoms with Crippen LogP contribution in [0.5, 0.6) is 11.5 Å². The van der Waals surface area contributed by atoms with Crippen LogP contribution in [-0.2, 0) is 26.5 Å². The molecule has 0 unspecified atom stereocenters. The third kappa shape index (κ3) is 5.47. The number of fused-ring (bicyclic) bond motifs is 7. The second-order valence-corrected chi connectivity index (χ2v) is 14.5. The summed E-state index contributed by atoms with van der Waals surface area (Å²) < 4.78 is 35.3.